The number of ether oxygens (including phenoxy) is 1. The van der Waals surface area contributed by atoms with Crippen LogP contribution in [-0.4, -0.2) is 37.0 Å². The number of likely N-dealkylation sites (tertiary alicyclic amines) is 1. The van der Waals surface area contributed by atoms with Crippen LogP contribution in [0.4, 0.5) is 5.69 Å². The van der Waals surface area contributed by atoms with Crippen LogP contribution < -0.4 is 5.32 Å². The SMILES string of the molecule is CCOC(=O)[C@]1(C#N)[C@@H](c2ccc(Cl)c(Cl)c2)CN(C)[C@@]12C(=O)Nc1ccc(Cl)cc12. The number of likely N-dealkylation sites (N-methyl/N-ethyl adjacent to an activating group) is 1. The third kappa shape index (κ3) is 2.81. The summed E-state index contributed by atoms with van der Waals surface area (Å²) in [5.74, 6) is -1.97. The number of halogens is 3. The molecule has 1 spiro atoms. The Morgan fingerprint density at radius 1 is 1.26 bits per heavy atom. The van der Waals surface area contributed by atoms with Crippen LogP contribution in [0.25, 0.3) is 0 Å². The summed E-state index contributed by atoms with van der Waals surface area (Å²) in [5.41, 5.74) is -1.96. The molecule has 4 rings (SSSR count). The highest BCUT2D eigenvalue weighted by Gasteiger charge is 2.75. The first-order chi connectivity index (χ1) is 14.7. The van der Waals surface area contributed by atoms with Gasteiger partial charge in [0.25, 0.3) is 5.91 Å². The molecule has 2 aliphatic rings. The standard InChI is InChI=1S/C22H18Cl3N3O3/c1-3-31-20(30)21(11-26)15(12-4-6-16(24)17(25)8-12)10-28(2)22(21)14-9-13(23)5-7-18(14)27-19(22)29/h4-9,15H,3,10H2,1-2H3,(H,27,29)/t15-,21+,22+/m1/s1. The van der Waals surface area contributed by atoms with Crippen LogP contribution in [0.3, 0.4) is 0 Å². The number of nitriles is 1. The summed E-state index contributed by atoms with van der Waals surface area (Å²) in [6, 6.07) is 12.1. The number of hydrogen-bond donors (Lipinski definition) is 1. The lowest BCUT2D eigenvalue weighted by Crippen LogP contribution is -2.58. The zero-order valence-electron chi connectivity index (χ0n) is 16.7. The maximum Gasteiger partial charge on any atom is 0.330 e. The molecule has 3 atom stereocenters. The first kappa shape index (κ1) is 21.9. The molecule has 1 N–H and O–H groups in total. The number of carbonyl (C=O) groups excluding carboxylic acids is 2. The van der Waals surface area contributed by atoms with Crippen molar-refractivity contribution in [1.29, 1.82) is 5.26 Å². The van der Waals surface area contributed by atoms with E-state index in [0.717, 1.165) is 0 Å². The molecule has 9 heteroatoms. The van der Waals surface area contributed by atoms with Gasteiger partial charge in [0.2, 0.25) is 0 Å². The van der Waals surface area contributed by atoms with Crippen LogP contribution in [0.2, 0.25) is 15.1 Å². The van der Waals surface area contributed by atoms with Crippen molar-refractivity contribution < 1.29 is 14.3 Å². The minimum atomic E-state index is -1.89. The molecule has 1 saturated heterocycles. The van der Waals surface area contributed by atoms with Crippen molar-refractivity contribution in [2.24, 2.45) is 5.41 Å². The summed E-state index contributed by atoms with van der Waals surface area (Å²) in [7, 11) is 1.71. The number of nitrogens with zero attached hydrogens (tertiary/aromatic N) is 2. The van der Waals surface area contributed by atoms with Gasteiger partial charge in [-0.2, -0.15) is 5.26 Å². The third-order valence-electron chi connectivity index (χ3n) is 6.19. The third-order valence-corrected chi connectivity index (χ3v) is 7.16. The van der Waals surface area contributed by atoms with E-state index in [-0.39, 0.29) is 18.2 Å². The van der Waals surface area contributed by atoms with Gasteiger partial charge in [0.15, 0.2) is 11.0 Å². The second-order valence-electron chi connectivity index (χ2n) is 7.60. The number of hydrogen-bond acceptors (Lipinski definition) is 5. The van der Waals surface area contributed by atoms with E-state index in [4.69, 9.17) is 39.5 Å². The van der Waals surface area contributed by atoms with Crippen molar-refractivity contribution in [3.05, 3.63) is 62.6 Å². The number of carbonyl (C=O) groups is 2. The van der Waals surface area contributed by atoms with Crippen LogP contribution in [-0.2, 0) is 19.9 Å². The number of anilines is 1. The highest BCUT2D eigenvalue weighted by atomic mass is 35.5. The summed E-state index contributed by atoms with van der Waals surface area (Å²) in [4.78, 5) is 28.8. The topological polar surface area (TPSA) is 82.4 Å². The number of nitrogens with one attached hydrogen (secondary N) is 1. The highest BCUT2D eigenvalue weighted by Crippen LogP contribution is 2.62. The molecular formula is C22H18Cl3N3O3. The predicted octanol–water partition coefficient (Wildman–Crippen LogP) is 4.60. The van der Waals surface area contributed by atoms with Crippen LogP contribution in [0.15, 0.2) is 36.4 Å². The zero-order valence-corrected chi connectivity index (χ0v) is 19.0. The Kier molecular flexibility index (Phi) is 5.43. The molecule has 0 aromatic heterocycles. The van der Waals surface area contributed by atoms with Gasteiger partial charge in [-0.1, -0.05) is 40.9 Å². The van der Waals surface area contributed by atoms with E-state index < -0.39 is 28.7 Å². The lowest BCUT2D eigenvalue weighted by atomic mass is 9.61. The number of esters is 1. The van der Waals surface area contributed by atoms with Crippen LogP contribution >= 0.6 is 34.8 Å². The normalized spacial score (nSPS) is 27.1. The van der Waals surface area contributed by atoms with Gasteiger partial charge < -0.3 is 10.1 Å². The first-order valence-electron chi connectivity index (χ1n) is 9.60. The van der Waals surface area contributed by atoms with E-state index in [9.17, 15) is 14.9 Å². The quantitative estimate of drug-likeness (QED) is 0.652. The van der Waals surface area contributed by atoms with Gasteiger partial charge in [0, 0.05) is 28.7 Å². The molecule has 1 amide bonds. The van der Waals surface area contributed by atoms with E-state index in [0.29, 0.717) is 26.9 Å². The highest BCUT2D eigenvalue weighted by molar-refractivity contribution is 6.42. The molecule has 1 fully saturated rings. The van der Waals surface area contributed by atoms with E-state index in [1.807, 2.05) is 0 Å². The molecule has 0 bridgehead atoms. The van der Waals surface area contributed by atoms with Crippen molar-refractivity contribution in [2.75, 3.05) is 25.5 Å². The van der Waals surface area contributed by atoms with Gasteiger partial charge in [-0.3, -0.25) is 14.5 Å². The fourth-order valence-corrected chi connectivity index (χ4v) is 5.43. The second kappa shape index (κ2) is 7.68. The maximum absolute atomic E-state index is 13.6. The Hall–Kier alpha value is -2.30. The number of benzene rings is 2. The van der Waals surface area contributed by atoms with Crippen LogP contribution in [0, 0.1) is 16.7 Å². The summed E-state index contributed by atoms with van der Waals surface area (Å²) < 4.78 is 5.39. The first-order valence-corrected chi connectivity index (χ1v) is 10.7. The van der Waals surface area contributed by atoms with Crippen molar-refractivity contribution >= 4 is 52.4 Å². The van der Waals surface area contributed by atoms with Crippen LogP contribution in [0.1, 0.15) is 24.0 Å². The van der Waals surface area contributed by atoms with Crippen molar-refractivity contribution in [3.8, 4) is 6.07 Å². The molecular weight excluding hydrogens is 461 g/mol. The molecule has 0 unspecified atom stereocenters. The zero-order chi connectivity index (χ0) is 22.6. The molecule has 0 aliphatic carbocycles. The summed E-state index contributed by atoms with van der Waals surface area (Å²) in [6.45, 7) is 1.94. The number of rotatable bonds is 3. The van der Waals surface area contributed by atoms with Gasteiger partial charge in [-0.15, -0.1) is 0 Å². The van der Waals surface area contributed by atoms with Gasteiger partial charge in [0.05, 0.1) is 22.7 Å². The number of fused-ring (bicyclic) bond motifs is 2. The average molecular weight is 479 g/mol. The van der Waals surface area contributed by atoms with E-state index in [1.165, 1.54) is 0 Å². The van der Waals surface area contributed by atoms with Crippen LogP contribution in [0.5, 0.6) is 0 Å². The molecule has 31 heavy (non-hydrogen) atoms. The Morgan fingerprint density at radius 2 is 2.00 bits per heavy atom. The van der Waals surface area contributed by atoms with Crippen molar-refractivity contribution in [2.45, 2.75) is 18.4 Å². The lowest BCUT2D eigenvalue weighted by molar-refractivity contribution is -0.161. The molecule has 0 saturated carbocycles. The Morgan fingerprint density at radius 3 is 2.65 bits per heavy atom. The molecule has 2 aliphatic heterocycles. The van der Waals surface area contributed by atoms with Crippen molar-refractivity contribution in [3.63, 3.8) is 0 Å². The minimum Gasteiger partial charge on any atom is -0.465 e. The van der Waals surface area contributed by atoms with Gasteiger partial charge in [-0.25, -0.2) is 0 Å². The summed E-state index contributed by atoms with van der Waals surface area (Å²) >= 11 is 18.6. The van der Waals surface area contributed by atoms with E-state index in [2.05, 4.69) is 11.4 Å². The molecule has 160 valence electrons. The second-order valence-corrected chi connectivity index (χ2v) is 8.85. The molecule has 2 aromatic rings. The maximum atomic E-state index is 13.6. The Balaban J connectivity index is 2.05. The Labute approximate surface area is 194 Å². The molecule has 2 heterocycles. The van der Waals surface area contributed by atoms with Gasteiger partial charge in [0.1, 0.15) is 0 Å². The molecule has 6 nitrogen and oxygen atoms in total. The minimum absolute atomic E-state index is 0.0557. The largest absolute Gasteiger partial charge is 0.465 e. The summed E-state index contributed by atoms with van der Waals surface area (Å²) in [5, 5.41) is 14.4. The van der Waals surface area contributed by atoms with Gasteiger partial charge >= 0.3 is 5.97 Å². The fourth-order valence-electron chi connectivity index (χ4n) is 4.96. The summed E-state index contributed by atoms with van der Waals surface area (Å²) in [6.07, 6.45) is 0. The fraction of sp³-hybridized carbons (Fsp3) is 0.318. The predicted molar refractivity (Wildman–Crippen MR) is 118 cm³/mol. The van der Waals surface area contributed by atoms with E-state index >= 15 is 0 Å². The molecule has 0 radical (unpaired) electrons. The average Bonchev–Trinajstić information content (AvgIpc) is 3.18. The monoisotopic (exact) mass is 477 g/mol. The smallest absolute Gasteiger partial charge is 0.330 e. The van der Waals surface area contributed by atoms with Gasteiger partial charge in [-0.05, 0) is 49.9 Å². The van der Waals surface area contributed by atoms with Crippen molar-refractivity contribution in [1.82, 2.24) is 4.90 Å². The molecule has 2 aromatic carbocycles. The lowest BCUT2D eigenvalue weighted by Gasteiger charge is -2.40. The Bertz CT molecular complexity index is 1150. The number of amides is 1. The van der Waals surface area contributed by atoms with E-state index in [1.54, 1.807) is 55.3 Å².